The Morgan fingerprint density at radius 1 is 1.32 bits per heavy atom. The number of ether oxygens (including phenoxy) is 2. The number of carboxylic acid groups (broad SMARTS) is 1. The van der Waals surface area contributed by atoms with Gasteiger partial charge in [-0.3, -0.25) is 4.79 Å². The monoisotopic (exact) mass is 301 g/mol. The van der Waals surface area contributed by atoms with Crippen LogP contribution >= 0.6 is 0 Å². The molecule has 6 nitrogen and oxygen atoms in total. The highest BCUT2D eigenvalue weighted by atomic mass is 16.5. The maximum Gasteiger partial charge on any atom is 0.328 e. The van der Waals surface area contributed by atoms with Crippen molar-refractivity contribution in [2.75, 3.05) is 7.11 Å². The van der Waals surface area contributed by atoms with E-state index in [1.165, 1.54) is 18.3 Å². The van der Waals surface area contributed by atoms with Gasteiger partial charge in [-0.05, 0) is 23.8 Å². The summed E-state index contributed by atoms with van der Waals surface area (Å²) >= 11 is 0. The number of aromatic amines is 1. The Bertz CT molecular complexity index is 731. The van der Waals surface area contributed by atoms with Crippen LogP contribution in [0.25, 0.3) is 6.08 Å². The highest BCUT2D eigenvalue weighted by molar-refractivity contribution is 5.84. The fourth-order valence-corrected chi connectivity index (χ4v) is 1.73. The van der Waals surface area contributed by atoms with Gasteiger partial charge in [0, 0.05) is 24.0 Å². The molecule has 2 N–H and O–H groups in total. The van der Waals surface area contributed by atoms with Gasteiger partial charge in [-0.15, -0.1) is 0 Å². The zero-order chi connectivity index (χ0) is 15.9. The maximum absolute atomic E-state index is 11.9. The van der Waals surface area contributed by atoms with Crippen molar-refractivity contribution in [1.29, 1.82) is 0 Å². The number of carbonyl (C=O) groups is 1. The molecule has 0 saturated carbocycles. The molecular formula is C16H15NO5. The van der Waals surface area contributed by atoms with Crippen LogP contribution in [0, 0.1) is 0 Å². The number of hydrogen-bond donors (Lipinski definition) is 2. The molecule has 1 heterocycles. The number of hydrogen-bond acceptors (Lipinski definition) is 4. The standard InChI is InChI=1S/C16H15NO5/c1-21-13-5-2-11(3-6-13)10-22-15-9-17-12(8-14(15)18)4-7-16(19)20/h2-9H,10H2,1H3,(H,17,18)(H,19,20). The minimum atomic E-state index is -1.08. The molecule has 0 unspecified atom stereocenters. The number of nitrogens with one attached hydrogen (secondary N) is 1. The van der Waals surface area contributed by atoms with Gasteiger partial charge in [-0.25, -0.2) is 4.79 Å². The van der Waals surface area contributed by atoms with E-state index >= 15 is 0 Å². The summed E-state index contributed by atoms with van der Waals surface area (Å²) in [5, 5.41) is 8.53. The van der Waals surface area contributed by atoms with Crippen molar-refractivity contribution in [3.63, 3.8) is 0 Å². The van der Waals surface area contributed by atoms with Gasteiger partial charge < -0.3 is 19.6 Å². The lowest BCUT2D eigenvalue weighted by Gasteiger charge is -2.06. The first-order chi connectivity index (χ1) is 10.6. The summed E-state index contributed by atoms with van der Waals surface area (Å²) in [7, 11) is 1.59. The normalized spacial score (nSPS) is 10.6. The molecule has 1 aromatic carbocycles. The SMILES string of the molecule is COc1ccc(COc2c[nH]c(C=CC(=O)O)cc2=O)cc1. The Morgan fingerprint density at radius 3 is 2.64 bits per heavy atom. The van der Waals surface area contributed by atoms with E-state index in [4.69, 9.17) is 14.6 Å². The molecule has 0 spiro atoms. The topological polar surface area (TPSA) is 88.6 Å². The number of aromatic nitrogens is 1. The van der Waals surface area contributed by atoms with Crippen molar-refractivity contribution in [2.45, 2.75) is 6.61 Å². The summed E-state index contributed by atoms with van der Waals surface area (Å²) in [6, 6.07) is 8.59. The fraction of sp³-hybridized carbons (Fsp3) is 0.125. The maximum atomic E-state index is 11.9. The first-order valence-electron chi connectivity index (χ1n) is 6.48. The van der Waals surface area contributed by atoms with Gasteiger partial charge in [-0.2, -0.15) is 0 Å². The van der Waals surface area contributed by atoms with Gasteiger partial charge in [-0.1, -0.05) is 12.1 Å². The van der Waals surface area contributed by atoms with E-state index in [2.05, 4.69) is 4.98 Å². The predicted molar refractivity (Wildman–Crippen MR) is 81.1 cm³/mol. The van der Waals surface area contributed by atoms with Crippen molar-refractivity contribution in [1.82, 2.24) is 4.98 Å². The highest BCUT2D eigenvalue weighted by Gasteiger charge is 2.03. The van der Waals surface area contributed by atoms with E-state index in [0.717, 1.165) is 17.4 Å². The predicted octanol–water partition coefficient (Wildman–Crippen LogP) is 2.06. The smallest absolute Gasteiger partial charge is 0.328 e. The second kappa shape index (κ2) is 7.12. The number of benzene rings is 1. The molecule has 22 heavy (non-hydrogen) atoms. The molecule has 0 aliphatic rings. The van der Waals surface area contributed by atoms with Crippen LogP contribution in [0.3, 0.4) is 0 Å². The van der Waals surface area contributed by atoms with Crippen molar-refractivity contribution in [2.24, 2.45) is 0 Å². The zero-order valence-electron chi connectivity index (χ0n) is 11.9. The third-order valence-electron chi connectivity index (χ3n) is 2.86. The van der Waals surface area contributed by atoms with E-state index in [1.54, 1.807) is 7.11 Å². The number of rotatable bonds is 6. The lowest BCUT2D eigenvalue weighted by Crippen LogP contribution is -2.08. The molecule has 2 aromatic rings. The van der Waals surface area contributed by atoms with E-state index in [1.807, 2.05) is 24.3 Å². The summed E-state index contributed by atoms with van der Waals surface area (Å²) < 4.78 is 10.5. The van der Waals surface area contributed by atoms with E-state index in [0.29, 0.717) is 5.69 Å². The second-order valence-electron chi connectivity index (χ2n) is 4.43. The van der Waals surface area contributed by atoms with Gasteiger partial charge in [0.2, 0.25) is 5.43 Å². The first kappa shape index (κ1) is 15.4. The number of aliphatic carboxylic acids is 1. The molecular weight excluding hydrogens is 286 g/mol. The molecule has 0 atom stereocenters. The van der Waals surface area contributed by atoms with Crippen molar-refractivity contribution in [3.8, 4) is 11.5 Å². The molecule has 0 amide bonds. The summed E-state index contributed by atoms with van der Waals surface area (Å²) in [6.45, 7) is 0.247. The van der Waals surface area contributed by atoms with Crippen LogP contribution < -0.4 is 14.9 Å². The molecule has 0 radical (unpaired) electrons. The molecule has 0 fully saturated rings. The number of H-pyrrole nitrogens is 1. The number of methoxy groups -OCH3 is 1. The van der Waals surface area contributed by atoms with Gasteiger partial charge in [0.05, 0.1) is 7.11 Å². The number of pyridine rings is 1. The quantitative estimate of drug-likeness (QED) is 0.797. The third-order valence-corrected chi connectivity index (χ3v) is 2.86. The Balaban J connectivity index is 2.03. The minimum absolute atomic E-state index is 0.170. The molecule has 2 rings (SSSR count). The Labute approximate surface area is 126 Å². The average Bonchev–Trinajstić information content (AvgIpc) is 2.52. The largest absolute Gasteiger partial charge is 0.497 e. The molecule has 114 valence electrons. The van der Waals surface area contributed by atoms with Crippen LogP contribution in [-0.4, -0.2) is 23.2 Å². The molecule has 0 saturated heterocycles. The molecule has 6 heteroatoms. The zero-order valence-corrected chi connectivity index (χ0v) is 11.9. The second-order valence-corrected chi connectivity index (χ2v) is 4.43. The Morgan fingerprint density at radius 2 is 2.05 bits per heavy atom. The van der Waals surface area contributed by atoms with E-state index in [9.17, 15) is 9.59 Å². The fourth-order valence-electron chi connectivity index (χ4n) is 1.73. The van der Waals surface area contributed by atoms with Crippen molar-refractivity contribution >= 4 is 12.0 Å². The molecule has 0 bridgehead atoms. The summed E-state index contributed by atoms with van der Waals surface area (Å²) in [5.74, 6) is -0.167. The lowest BCUT2D eigenvalue weighted by molar-refractivity contribution is -0.131. The van der Waals surface area contributed by atoms with Crippen LogP contribution in [0.5, 0.6) is 11.5 Å². The first-order valence-corrected chi connectivity index (χ1v) is 6.48. The summed E-state index contributed by atoms with van der Waals surface area (Å²) in [4.78, 5) is 25.1. The molecule has 0 aliphatic heterocycles. The lowest BCUT2D eigenvalue weighted by atomic mass is 10.2. The summed E-state index contributed by atoms with van der Waals surface area (Å²) in [6.07, 6.45) is 3.66. The van der Waals surface area contributed by atoms with Crippen LogP contribution in [-0.2, 0) is 11.4 Å². The van der Waals surface area contributed by atoms with Crippen molar-refractivity contribution < 1.29 is 19.4 Å². The van der Waals surface area contributed by atoms with Crippen LogP contribution in [0.4, 0.5) is 0 Å². The van der Waals surface area contributed by atoms with Gasteiger partial charge in [0.25, 0.3) is 0 Å². The Hall–Kier alpha value is -3.02. The third kappa shape index (κ3) is 4.24. The van der Waals surface area contributed by atoms with E-state index < -0.39 is 5.97 Å². The van der Waals surface area contributed by atoms with Gasteiger partial charge >= 0.3 is 5.97 Å². The number of carboxylic acids is 1. The average molecular weight is 301 g/mol. The molecule has 1 aromatic heterocycles. The van der Waals surface area contributed by atoms with E-state index in [-0.39, 0.29) is 17.8 Å². The van der Waals surface area contributed by atoms with Gasteiger partial charge in [0.15, 0.2) is 5.75 Å². The highest BCUT2D eigenvalue weighted by Crippen LogP contribution is 2.13. The molecule has 0 aliphatic carbocycles. The summed E-state index contributed by atoms with van der Waals surface area (Å²) in [5.41, 5.74) is 0.969. The van der Waals surface area contributed by atoms with Crippen LogP contribution in [0.1, 0.15) is 11.3 Å². The van der Waals surface area contributed by atoms with Crippen LogP contribution in [0.2, 0.25) is 0 Å². The Kier molecular flexibility index (Phi) is 4.98. The van der Waals surface area contributed by atoms with Crippen molar-refractivity contribution in [3.05, 3.63) is 64.1 Å². The minimum Gasteiger partial charge on any atom is -0.497 e. The van der Waals surface area contributed by atoms with Gasteiger partial charge in [0.1, 0.15) is 12.4 Å². The van der Waals surface area contributed by atoms with Crippen LogP contribution in [0.15, 0.2) is 47.4 Å².